The molecule has 0 aliphatic heterocycles. The van der Waals surface area contributed by atoms with Crippen LogP contribution in [0.3, 0.4) is 0 Å². The fraction of sp³-hybridized carbons (Fsp3) is 0.300. The van der Waals surface area contributed by atoms with E-state index in [4.69, 9.17) is 0 Å². The minimum Gasteiger partial charge on any atom is -0.325 e. The number of thioether (sulfide) groups is 1. The number of anilines is 1. The molecule has 126 valence electrons. The van der Waals surface area contributed by atoms with Gasteiger partial charge in [-0.25, -0.2) is 0 Å². The summed E-state index contributed by atoms with van der Waals surface area (Å²) in [5.74, 6) is 0.466. The fourth-order valence-corrected chi connectivity index (χ4v) is 3.09. The zero-order valence-corrected chi connectivity index (χ0v) is 15.3. The molecule has 1 amide bonds. The van der Waals surface area contributed by atoms with Crippen LogP contribution in [0.25, 0.3) is 0 Å². The maximum absolute atomic E-state index is 12.3. The van der Waals surface area contributed by atoms with E-state index in [1.807, 2.05) is 6.92 Å². The van der Waals surface area contributed by atoms with Gasteiger partial charge in [0.1, 0.15) is 0 Å². The monoisotopic (exact) mass is 341 g/mol. The van der Waals surface area contributed by atoms with Crippen molar-refractivity contribution < 1.29 is 9.59 Å². The first-order valence-corrected chi connectivity index (χ1v) is 8.93. The van der Waals surface area contributed by atoms with E-state index in [9.17, 15) is 9.59 Å². The number of carbonyl (C=O) groups is 2. The predicted molar refractivity (Wildman–Crippen MR) is 101 cm³/mol. The van der Waals surface area contributed by atoms with Crippen LogP contribution in [0.15, 0.2) is 53.4 Å². The quantitative estimate of drug-likeness (QED) is 0.585. The van der Waals surface area contributed by atoms with Gasteiger partial charge in [0.15, 0.2) is 5.78 Å². The molecule has 0 aliphatic carbocycles. The van der Waals surface area contributed by atoms with E-state index in [1.165, 1.54) is 24.2 Å². The van der Waals surface area contributed by atoms with Crippen molar-refractivity contribution in [3.05, 3.63) is 59.7 Å². The average molecular weight is 341 g/mol. The number of nitrogens with one attached hydrogen (secondary N) is 1. The van der Waals surface area contributed by atoms with E-state index in [-0.39, 0.29) is 16.9 Å². The number of carbonyl (C=O) groups excluding carboxylic acids is 2. The Morgan fingerprint density at radius 1 is 0.917 bits per heavy atom. The molecule has 3 nitrogen and oxygen atoms in total. The van der Waals surface area contributed by atoms with Crippen molar-refractivity contribution in [3.63, 3.8) is 0 Å². The summed E-state index contributed by atoms with van der Waals surface area (Å²) in [4.78, 5) is 24.7. The van der Waals surface area contributed by atoms with Gasteiger partial charge in [0, 0.05) is 16.1 Å². The molecule has 0 aliphatic rings. The highest BCUT2D eigenvalue weighted by atomic mass is 32.2. The summed E-state index contributed by atoms with van der Waals surface area (Å²) in [7, 11) is 0. The van der Waals surface area contributed by atoms with E-state index < -0.39 is 0 Å². The number of amides is 1. The standard InChI is InChI=1S/C20H23NO2S/c1-13(2)16-7-11-19(12-8-16)24-15(4)20(23)21-18-9-5-17(6-10-18)14(3)22/h5-13,15H,1-4H3,(H,21,23). The van der Waals surface area contributed by atoms with Crippen molar-refractivity contribution >= 4 is 29.1 Å². The van der Waals surface area contributed by atoms with Gasteiger partial charge in [0.2, 0.25) is 5.91 Å². The zero-order chi connectivity index (χ0) is 17.7. The second-order valence-electron chi connectivity index (χ2n) is 6.11. The third-order valence-electron chi connectivity index (χ3n) is 3.79. The number of ketones is 1. The summed E-state index contributed by atoms with van der Waals surface area (Å²) in [5, 5.41) is 2.68. The van der Waals surface area contributed by atoms with Crippen LogP contribution < -0.4 is 5.32 Å². The number of benzene rings is 2. The lowest BCUT2D eigenvalue weighted by molar-refractivity contribution is -0.115. The molecule has 0 bridgehead atoms. The first-order valence-electron chi connectivity index (χ1n) is 8.05. The van der Waals surface area contributed by atoms with Gasteiger partial charge in [0.25, 0.3) is 0 Å². The van der Waals surface area contributed by atoms with Crippen LogP contribution in [0.1, 0.15) is 49.5 Å². The normalized spacial score (nSPS) is 12.0. The van der Waals surface area contributed by atoms with Crippen molar-refractivity contribution in [1.29, 1.82) is 0 Å². The predicted octanol–water partition coefficient (Wildman–Crippen LogP) is 5.13. The minimum absolute atomic E-state index is 0.0154. The number of hydrogen-bond acceptors (Lipinski definition) is 3. The first kappa shape index (κ1) is 18.3. The van der Waals surface area contributed by atoms with Gasteiger partial charge in [-0.2, -0.15) is 0 Å². The average Bonchev–Trinajstić information content (AvgIpc) is 2.55. The number of hydrogen-bond donors (Lipinski definition) is 1. The van der Waals surface area contributed by atoms with Gasteiger partial charge in [0.05, 0.1) is 5.25 Å². The Balaban J connectivity index is 1.95. The molecule has 0 spiro atoms. The molecule has 0 fully saturated rings. The van der Waals surface area contributed by atoms with Crippen LogP contribution in [-0.4, -0.2) is 16.9 Å². The molecule has 4 heteroatoms. The van der Waals surface area contributed by atoms with Crippen molar-refractivity contribution in [2.24, 2.45) is 0 Å². The third-order valence-corrected chi connectivity index (χ3v) is 4.90. The summed E-state index contributed by atoms with van der Waals surface area (Å²) >= 11 is 1.53. The Bertz CT molecular complexity index is 705. The Morgan fingerprint density at radius 2 is 1.50 bits per heavy atom. The molecule has 1 N–H and O–H groups in total. The van der Waals surface area contributed by atoms with Crippen molar-refractivity contribution in [1.82, 2.24) is 0 Å². The highest BCUT2D eigenvalue weighted by Gasteiger charge is 2.15. The summed E-state index contributed by atoms with van der Waals surface area (Å²) in [5.41, 5.74) is 2.63. The fourth-order valence-electron chi connectivity index (χ4n) is 2.22. The van der Waals surface area contributed by atoms with Gasteiger partial charge >= 0.3 is 0 Å². The van der Waals surface area contributed by atoms with Gasteiger partial charge < -0.3 is 5.32 Å². The minimum atomic E-state index is -0.206. The SMILES string of the molecule is CC(=O)c1ccc(NC(=O)C(C)Sc2ccc(C(C)C)cc2)cc1. The van der Waals surface area contributed by atoms with E-state index in [2.05, 4.69) is 43.4 Å². The molecule has 1 atom stereocenters. The molecule has 0 radical (unpaired) electrons. The Kier molecular flexibility index (Phi) is 6.21. The van der Waals surface area contributed by atoms with Crippen molar-refractivity contribution in [2.75, 3.05) is 5.32 Å². The van der Waals surface area contributed by atoms with Gasteiger partial charge in [-0.05, 0) is 61.7 Å². The summed E-state index contributed by atoms with van der Waals surface area (Å²) in [6, 6.07) is 15.3. The van der Waals surface area contributed by atoms with Crippen LogP contribution >= 0.6 is 11.8 Å². The molecule has 2 aromatic carbocycles. The molecule has 0 aromatic heterocycles. The van der Waals surface area contributed by atoms with E-state index in [0.717, 1.165) is 4.90 Å². The molecule has 24 heavy (non-hydrogen) atoms. The maximum Gasteiger partial charge on any atom is 0.237 e. The first-order chi connectivity index (χ1) is 11.4. The molecule has 0 saturated carbocycles. The van der Waals surface area contributed by atoms with E-state index in [1.54, 1.807) is 24.3 Å². The van der Waals surface area contributed by atoms with Gasteiger partial charge in [-0.1, -0.05) is 26.0 Å². The summed E-state index contributed by atoms with van der Waals surface area (Å²) < 4.78 is 0. The third kappa shape index (κ3) is 4.96. The Labute approximate surface area is 147 Å². The second kappa shape index (κ2) is 8.15. The molecule has 2 rings (SSSR count). The zero-order valence-electron chi connectivity index (χ0n) is 14.5. The number of rotatable bonds is 6. The molecular formula is C20H23NO2S. The lowest BCUT2D eigenvalue weighted by Gasteiger charge is -2.13. The van der Waals surface area contributed by atoms with Crippen molar-refractivity contribution in [2.45, 2.75) is 43.8 Å². The topological polar surface area (TPSA) is 46.2 Å². The molecule has 0 saturated heterocycles. The lowest BCUT2D eigenvalue weighted by atomic mass is 10.0. The molecule has 0 heterocycles. The van der Waals surface area contributed by atoms with E-state index in [0.29, 0.717) is 17.2 Å². The smallest absolute Gasteiger partial charge is 0.237 e. The van der Waals surface area contributed by atoms with Crippen LogP contribution in [0, 0.1) is 0 Å². The van der Waals surface area contributed by atoms with Crippen LogP contribution in [0.5, 0.6) is 0 Å². The Morgan fingerprint density at radius 3 is 2.00 bits per heavy atom. The van der Waals surface area contributed by atoms with Crippen LogP contribution in [-0.2, 0) is 4.79 Å². The van der Waals surface area contributed by atoms with Crippen LogP contribution in [0.2, 0.25) is 0 Å². The lowest BCUT2D eigenvalue weighted by Crippen LogP contribution is -2.22. The highest BCUT2D eigenvalue weighted by molar-refractivity contribution is 8.00. The molecular weight excluding hydrogens is 318 g/mol. The molecule has 2 aromatic rings. The van der Waals surface area contributed by atoms with Crippen molar-refractivity contribution in [3.8, 4) is 0 Å². The summed E-state index contributed by atoms with van der Waals surface area (Å²) in [6.07, 6.45) is 0. The summed E-state index contributed by atoms with van der Waals surface area (Å²) in [6.45, 7) is 7.74. The molecule has 1 unspecified atom stereocenters. The van der Waals surface area contributed by atoms with Gasteiger partial charge in [-0.3, -0.25) is 9.59 Å². The highest BCUT2D eigenvalue weighted by Crippen LogP contribution is 2.26. The second-order valence-corrected chi connectivity index (χ2v) is 7.52. The maximum atomic E-state index is 12.3. The number of Topliss-reactive ketones (excluding diaryl/α,β-unsaturated/α-hetero) is 1. The van der Waals surface area contributed by atoms with E-state index >= 15 is 0 Å². The largest absolute Gasteiger partial charge is 0.325 e. The van der Waals surface area contributed by atoms with Crippen LogP contribution in [0.4, 0.5) is 5.69 Å². The Hall–Kier alpha value is -2.07. The van der Waals surface area contributed by atoms with Gasteiger partial charge in [-0.15, -0.1) is 11.8 Å².